The van der Waals surface area contributed by atoms with Gasteiger partial charge in [-0.2, -0.15) is 0 Å². The zero-order valence-electron chi connectivity index (χ0n) is 11.6. The molecule has 1 aliphatic rings. The molecule has 0 aromatic heterocycles. The van der Waals surface area contributed by atoms with E-state index in [-0.39, 0.29) is 0 Å². The Balaban J connectivity index is 1.89. The van der Waals surface area contributed by atoms with Crippen molar-refractivity contribution in [3.05, 3.63) is 47.5 Å². The number of hydrogen-bond donors (Lipinski definition) is 0. The summed E-state index contributed by atoms with van der Waals surface area (Å²) in [6.07, 6.45) is 8.41. The molecule has 0 atom stereocenters. The minimum atomic E-state index is -0.687. The average molecular weight is 264 g/mol. The van der Waals surface area contributed by atoms with Gasteiger partial charge >= 0.3 is 0 Å². The predicted octanol–water partition coefficient (Wildman–Crippen LogP) is 5.20. The van der Waals surface area contributed by atoms with E-state index in [1.807, 2.05) is 6.08 Å². The molecule has 0 bridgehead atoms. The van der Waals surface area contributed by atoms with Gasteiger partial charge < -0.3 is 0 Å². The van der Waals surface area contributed by atoms with Crippen molar-refractivity contribution in [1.82, 2.24) is 0 Å². The lowest BCUT2D eigenvalue weighted by molar-refractivity contribution is 0.295. The first-order chi connectivity index (χ1) is 9.11. The summed E-state index contributed by atoms with van der Waals surface area (Å²) in [6.45, 7) is 5.44. The third-order valence-electron chi connectivity index (χ3n) is 4.40. The van der Waals surface area contributed by atoms with Crippen molar-refractivity contribution in [2.24, 2.45) is 11.8 Å². The van der Waals surface area contributed by atoms with Crippen LogP contribution in [0.15, 0.2) is 24.8 Å². The highest BCUT2D eigenvalue weighted by Gasteiger charge is 2.20. The normalized spacial score (nSPS) is 23.3. The molecule has 0 N–H and O–H groups in total. The van der Waals surface area contributed by atoms with Crippen molar-refractivity contribution in [3.8, 4) is 0 Å². The van der Waals surface area contributed by atoms with Crippen LogP contribution in [-0.2, 0) is 6.42 Å². The van der Waals surface area contributed by atoms with Crippen LogP contribution in [-0.4, -0.2) is 0 Å². The number of hydrogen-bond acceptors (Lipinski definition) is 0. The number of benzene rings is 1. The highest BCUT2D eigenvalue weighted by Crippen LogP contribution is 2.32. The molecule has 1 saturated carbocycles. The first-order valence-electron chi connectivity index (χ1n) is 7.18. The Labute approximate surface area is 114 Å². The fourth-order valence-corrected chi connectivity index (χ4v) is 2.95. The summed E-state index contributed by atoms with van der Waals surface area (Å²) in [5.74, 6) is -0.0302. The molecule has 0 saturated heterocycles. The lowest BCUT2D eigenvalue weighted by Gasteiger charge is -2.26. The molecular formula is C17H22F2. The van der Waals surface area contributed by atoms with E-state index in [0.29, 0.717) is 29.4 Å². The van der Waals surface area contributed by atoms with Crippen molar-refractivity contribution in [3.63, 3.8) is 0 Å². The highest BCUT2D eigenvalue weighted by molar-refractivity contribution is 5.25. The van der Waals surface area contributed by atoms with Crippen LogP contribution >= 0.6 is 0 Å². The van der Waals surface area contributed by atoms with E-state index < -0.39 is 11.6 Å². The molecule has 104 valence electrons. The second-order valence-electron chi connectivity index (χ2n) is 5.72. The number of aryl methyl sites for hydroxylation is 2. The van der Waals surface area contributed by atoms with E-state index in [4.69, 9.17) is 0 Å². The summed E-state index contributed by atoms with van der Waals surface area (Å²) in [5, 5.41) is 0. The molecule has 1 aromatic carbocycles. The van der Waals surface area contributed by atoms with E-state index in [1.54, 1.807) is 19.1 Å². The maximum atomic E-state index is 13.7. The van der Waals surface area contributed by atoms with Crippen molar-refractivity contribution in [2.45, 2.75) is 45.4 Å². The molecule has 0 nitrogen and oxygen atoms in total. The molecule has 0 radical (unpaired) electrons. The Morgan fingerprint density at radius 1 is 1.16 bits per heavy atom. The van der Waals surface area contributed by atoms with E-state index in [1.165, 1.54) is 25.7 Å². The summed E-state index contributed by atoms with van der Waals surface area (Å²) in [6, 6.07) is 3.39. The van der Waals surface area contributed by atoms with Crippen LogP contribution in [0.1, 0.15) is 43.2 Å². The molecule has 1 aromatic rings. The van der Waals surface area contributed by atoms with Gasteiger partial charge in [-0.15, -0.1) is 6.58 Å². The predicted molar refractivity (Wildman–Crippen MR) is 75.1 cm³/mol. The zero-order chi connectivity index (χ0) is 13.8. The standard InChI is InChI=1S/C17H22F2/c1-3-13-5-7-14(8-6-13)9-11-15-10-4-12(2)16(18)17(15)19/h3-4,10,13-14H,1,5-9,11H2,2H3. The van der Waals surface area contributed by atoms with Gasteiger partial charge in [0.1, 0.15) is 0 Å². The van der Waals surface area contributed by atoms with Gasteiger partial charge in [0.15, 0.2) is 11.6 Å². The monoisotopic (exact) mass is 264 g/mol. The molecule has 0 aliphatic heterocycles. The lowest BCUT2D eigenvalue weighted by Crippen LogP contribution is -2.14. The fraction of sp³-hybridized carbons (Fsp3) is 0.529. The molecule has 0 amide bonds. The molecule has 19 heavy (non-hydrogen) atoms. The van der Waals surface area contributed by atoms with Gasteiger partial charge in [-0.3, -0.25) is 0 Å². The molecule has 2 rings (SSSR count). The number of allylic oxidation sites excluding steroid dienone is 1. The van der Waals surface area contributed by atoms with Crippen LogP contribution in [0.25, 0.3) is 0 Å². The van der Waals surface area contributed by atoms with Crippen molar-refractivity contribution >= 4 is 0 Å². The van der Waals surface area contributed by atoms with Crippen molar-refractivity contribution < 1.29 is 8.78 Å². The molecule has 2 heteroatoms. The lowest BCUT2D eigenvalue weighted by atomic mass is 9.79. The van der Waals surface area contributed by atoms with E-state index >= 15 is 0 Å². The van der Waals surface area contributed by atoms with Gasteiger partial charge in [-0.25, -0.2) is 8.78 Å². The van der Waals surface area contributed by atoms with Gasteiger partial charge in [0.25, 0.3) is 0 Å². The summed E-state index contributed by atoms with van der Waals surface area (Å²) in [7, 11) is 0. The quantitative estimate of drug-likeness (QED) is 0.656. The van der Waals surface area contributed by atoms with Crippen LogP contribution in [0.4, 0.5) is 8.78 Å². The summed E-state index contributed by atoms with van der Waals surface area (Å²) in [4.78, 5) is 0. The Morgan fingerprint density at radius 3 is 2.47 bits per heavy atom. The Morgan fingerprint density at radius 2 is 1.84 bits per heavy atom. The van der Waals surface area contributed by atoms with Gasteiger partial charge in [0.2, 0.25) is 0 Å². The topological polar surface area (TPSA) is 0 Å². The molecule has 1 fully saturated rings. The van der Waals surface area contributed by atoms with E-state index in [0.717, 1.165) is 6.42 Å². The van der Waals surface area contributed by atoms with Crippen LogP contribution in [0, 0.1) is 30.4 Å². The van der Waals surface area contributed by atoms with Crippen molar-refractivity contribution in [2.75, 3.05) is 0 Å². The third-order valence-corrected chi connectivity index (χ3v) is 4.40. The van der Waals surface area contributed by atoms with Gasteiger partial charge in [-0.05, 0) is 68.4 Å². The Kier molecular flexibility index (Phi) is 4.73. The molecule has 0 unspecified atom stereocenters. The SMILES string of the molecule is C=CC1CCC(CCc2ccc(C)c(F)c2F)CC1. The third kappa shape index (κ3) is 3.43. The zero-order valence-corrected chi connectivity index (χ0v) is 11.6. The van der Waals surface area contributed by atoms with Crippen molar-refractivity contribution in [1.29, 1.82) is 0 Å². The van der Waals surface area contributed by atoms with Crippen LogP contribution in [0.3, 0.4) is 0 Å². The molecular weight excluding hydrogens is 242 g/mol. The molecule has 0 heterocycles. The van der Waals surface area contributed by atoms with E-state index in [9.17, 15) is 8.78 Å². The number of rotatable bonds is 4. The first kappa shape index (κ1) is 14.2. The molecule has 1 aliphatic carbocycles. The van der Waals surface area contributed by atoms with Crippen LogP contribution in [0.5, 0.6) is 0 Å². The second kappa shape index (κ2) is 6.31. The Bertz CT molecular complexity index is 443. The van der Waals surface area contributed by atoms with Gasteiger partial charge in [-0.1, -0.05) is 18.2 Å². The summed E-state index contributed by atoms with van der Waals surface area (Å²) < 4.78 is 27.2. The Hall–Kier alpha value is -1.18. The van der Waals surface area contributed by atoms with Gasteiger partial charge in [0.05, 0.1) is 0 Å². The minimum absolute atomic E-state index is 0.382. The summed E-state index contributed by atoms with van der Waals surface area (Å²) in [5.41, 5.74) is 0.904. The number of halogens is 2. The maximum absolute atomic E-state index is 13.7. The summed E-state index contributed by atoms with van der Waals surface area (Å²) >= 11 is 0. The highest BCUT2D eigenvalue weighted by atomic mass is 19.2. The maximum Gasteiger partial charge on any atom is 0.162 e. The van der Waals surface area contributed by atoms with Crippen LogP contribution < -0.4 is 0 Å². The molecule has 0 spiro atoms. The van der Waals surface area contributed by atoms with E-state index in [2.05, 4.69) is 6.58 Å². The first-order valence-corrected chi connectivity index (χ1v) is 7.18. The average Bonchev–Trinajstić information content (AvgIpc) is 2.45. The largest absolute Gasteiger partial charge is 0.203 e. The minimum Gasteiger partial charge on any atom is -0.203 e. The van der Waals surface area contributed by atoms with Crippen LogP contribution in [0.2, 0.25) is 0 Å². The second-order valence-corrected chi connectivity index (χ2v) is 5.72. The smallest absolute Gasteiger partial charge is 0.162 e. The fourth-order valence-electron chi connectivity index (χ4n) is 2.95. The van der Waals surface area contributed by atoms with Gasteiger partial charge in [0, 0.05) is 0 Å².